The van der Waals surface area contributed by atoms with Gasteiger partial charge in [0.2, 0.25) is 0 Å². The number of furan rings is 1. The number of aliphatic hydroxyl groups is 1. The zero-order chi connectivity index (χ0) is 28.3. The molecule has 0 spiro atoms. The van der Waals surface area contributed by atoms with Gasteiger partial charge in [0, 0.05) is 32.0 Å². The van der Waals surface area contributed by atoms with Crippen LogP contribution in [0.4, 0.5) is 0 Å². The minimum Gasteiger partial charge on any atom is -0.481 e. The fourth-order valence-corrected chi connectivity index (χ4v) is 3.91. The van der Waals surface area contributed by atoms with Gasteiger partial charge >= 0.3 is 17.9 Å². The lowest BCUT2D eigenvalue weighted by molar-refractivity contribution is -0.170. The van der Waals surface area contributed by atoms with Gasteiger partial charge in [-0.25, -0.2) is 9.78 Å². The highest BCUT2D eigenvalue weighted by Gasteiger charge is 2.40. The predicted molar refractivity (Wildman–Crippen MR) is 138 cm³/mol. The summed E-state index contributed by atoms with van der Waals surface area (Å²) in [7, 11) is 0. The topological polar surface area (TPSA) is 166 Å². The smallest absolute Gasteiger partial charge is 0.336 e. The highest BCUT2D eigenvalue weighted by atomic mass is 35.5. The summed E-state index contributed by atoms with van der Waals surface area (Å²) < 4.78 is 7.83. The number of imidazole rings is 1. The van der Waals surface area contributed by atoms with Crippen LogP contribution >= 0.6 is 23.2 Å². The third kappa shape index (κ3) is 10.2. The Kier molecular flexibility index (Phi) is 11.8. The van der Waals surface area contributed by atoms with Gasteiger partial charge in [-0.05, 0) is 37.1 Å². The first-order valence-corrected chi connectivity index (χ1v) is 12.2. The number of rotatable bonds is 13. The van der Waals surface area contributed by atoms with E-state index in [2.05, 4.69) is 14.5 Å². The maximum absolute atomic E-state index is 10.3. The Morgan fingerprint density at radius 1 is 1.05 bits per heavy atom. The SMILES string of the molecule is Cc1ccc(CN(CCCn2ccnc2)Cc2cccc(Cl)c2Cl)o1.O=C(O)CC(O)(CC(=O)O)C(=O)O. The maximum atomic E-state index is 10.3. The van der Waals surface area contributed by atoms with Crippen LogP contribution in [0.5, 0.6) is 0 Å². The fourth-order valence-electron chi connectivity index (χ4n) is 3.53. The normalized spacial score (nSPS) is 11.2. The molecule has 4 N–H and O–H groups in total. The van der Waals surface area contributed by atoms with E-state index >= 15 is 0 Å². The number of carboxylic acid groups (broad SMARTS) is 3. The number of aryl methyl sites for hydroxylation is 2. The van der Waals surface area contributed by atoms with Crippen molar-refractivity contribution in [2.75, 3.05) is 6.54 Å². The van der Waals surface area contributed by atoms with Gasteiger partial charge in [0.05, 0.1) is 35.8 Å². The number of nitrogens with zero attached hydrogens (tertiary/aromatic N) is 3. The Hall–Kier alpha value is -3.38. The van der Waals surface area contributed by atoms with Crippen LogP contribution in [0.2, 0.25) is 10.0 Å². The van der Waals surface area contributed by atoms with Gasteiger partial charge in [0.15, 0.2) is 5.60 Å². The van der Waals surface area contributed by atoms with Gasteiger partial charge in [-0.3, -0.25) is 14.5 Å². The van der Waals surface area contributed by atoms with Gasteiger partial charge in [-0.15, -0.1) is 0 Å². The van der Waals surface area contributed by atoms with Crippen molar-refractivity contribution in [2.45, 2.75) is 51.4 Å². The van der Waals surface area contributed by atoms with Crippen molar-refractivity contribution >= 4 is 41.1 Å². The zero-order valence-corrected chi connectivity index (χ0v) is 22.1. The molecule has 0 aliphatic carbocycles. The monoisotopic (exact) mass is 569 g/mol. The second-order valence-electron chi connectivity index (χ2n) is 8.57. The molecule has 0 fully saturated rings. The van der Waals surface area contributed by atoms with E-state index in [1.54, 1.807) is 6.20 Å². The Balaban J connectivity index is 0.000000332. The Labute approximate surface area is 228 Å². The summed E-state index contributed by atoms with van der Waals surface area (Å²) in [4.78, 5) is 36.9. The molecule has 0 amide bonds. The molecule has 3 rings (SSSR count). The number of halogens is 2. The molecule has 0 aliphatic heterocycles. The van der Waals surface area contributed by atoms with Crippen LogP contribution in [-0.4, -0.2) is 64.9 Å². The molecular formula is C25H29Cl2N3O8. The molecule has 2 aromatic heterocycles. The maximum Gasteiger partial charge on any atom is 0.336 e. The van der Waals surface area contributed by atoms with Crippen molar-refractivity contribution in [3.63, 3.8) is 0 Å². The molecule has 0 saturated heterocycles. The number of carboxylic acids is 3. The molecular weight excluding hydrogens is 541 g/mol. The minimum atomic E-state index is -2.74. The number of hydrogen-bond acceptors (Lipinski definition) is 7. The lowest BCUT2D eigenvalue weighted by Crippen LogP contribution is -2.42. The Morgan fingerprint density at radius 2 is 1.74 bits per heavy atom. The van der Waals surface area contributed by atoms with E-state index in [-0.39, 0.29) is 0 Å². The first kappa shape index (κ1) is 30.8. The van der Waals surface area contributed by atoms with Crippen LogP contribution in [0, 0.1) is 6.92 Å². The molecule has 1 aromatic carbocycles. The first-order valence-electron chi connectivity index (χ1n) is 11.5. The first-order chi connectivity index (χ1) is 17.9. The molecule has 0 radical (unpaired) electrons. The molecule has 13 heteroatoms. The molecule has 0 saturated carbocycles. The standard InChI is InChI=1S/C19H21Cl2N3O.C6H8O7/c1-15-6-7-17(25-15)13-24(10-3-9-23-11-8-22-14-23)12-16-4-2-5-18(20)19(16)21;7-3(8)1-6(13,5(11)12)2-4(9)10/h2,4-8,11,14H,3,9-10,12-13H2,1H3;13H,1-2H2,(H,7,8)(H,9,10)(H,11,12). The van der Waals surface area contributed by atoms with Crippen LogP contribution in [-0.2, 0) is 34.0 Å². The van der Waals surface area contributed by atoms with Crippen LogP contribution < -0.4 is 0 Å². The molecule has 0 unspecified atom stereocenters. The molecule has 0 atom stereocenters. The van der Waals surface area contributed by atoms with E-state index < -0.39 is 36.4 Å². The summed E-state index contributed by atoms with van der Waals surface area (Å²) in [5.41, 5.74) is -1.71. The minimum absolute atomic E-state index is 0.589. The number of carbonyl (C=O) groups is 3. The van der Waals surface area contributed by atoms with Crippen molar-refractivity contribution in [2.24, 2.45) is 0 Å². The van der Waals surface area contributed by atoms with Crippen molar-refractivity contribution in [3.8, 4) is 0 Å². The highest BCUT2D eigenvalue weighted by Crippen LogP contribution is 2.27. The third-order valence-electron chi connectivity index (χ3n) is 5.34. The van der Waals surface area contributed by atoms with Crippen molar-refractivity contribution in [1.29, 1.82) is 0 Å². The molecule has 11 nitrogen and oxygen atoms in total. The second kappa shape index (κ2) is 14.5. The average Bonchev–Trinajstić information content (AvgIpc) is 3.48. The Bertz CT molecular complexity index is 1200. The van der Waals surface area contributed by atoms with Gasteiger partial charge < -0.3 is 29.4 Å². The van der Waals surface area contributed by atoms with Crippen LogP contribution in [0.15, 0.2) is 53.5 Å². The van der Waals surface area contributed by atoms with E-state index in [4.69, 9.17) is 48.0 Å². The highest BCUT2D eigenvalue weighted by molar-refractivity contribution is 6.42. The van der Waals surface area contributed by atoms with E-state index in [0.717, 1.165) is 49.7 Å². The summed E-state index contributed by atoms with van der Waals surface area (Å²) >= 11 is 12.5. The summed E-state index contributed by atoms with van der Waals surface area (Å²) in [5.74, 6) is -3.14. The lowest BCUT2D eigenvalue weighted by atomic mass is 9.96. The molecule has 3 aromatic rings. The van der Waals surface area contributed by atoms with E-state index in [9.17, 15) is 14.4 Å². The van der Waals surface area contributed by atoms with Crippen LogP contribution in [0.25, 0.3) is 0 Å². The second-order valence-corrected chi connectivity index (χ2v) is 9.35. The number of benzene rings is 1. The molecule has 38 heavy (non-hydrogen) atoms. The van der Waals surface area contributed by atoms with Crippen molar-refractivity contribution in [3.05, 3.63) is 76.2 Å². The summed E-state index contributed by atoms with van der Waals surface area (Å²) in [6.07, 6.45) is 4.34. The quantitative estimate of drug-likeness (QED) is 0.236. The van der Waals surface area contributed by atoms with E-state index in [1.165, 1.54) is 0 Å². The molecule has 206 valence electrons. The van der Waals surface area contributed by atoms with Crippen LogP contribution in [0.1, 0.15) is 36.3 Å². The number of aromatic nitrogens is 2. The van der Waals surface area contributed by atoms with E-state index in [1.807, 2.05) is 49.8 Å². The molecule has 0 aliphatic rings. The summed E-state index contributed by atoms with van der Waals surface area (Å²) in [5, 5.41) is 35.0. The zero-order valence-electron chi connectivity index (χ0n) is 20.6. The van der Waals surface area contributed by atoms with Crippen molar-refractivity contribution < 1.29 is 39.2 Å². The average molecular weight is 570 g/mol. The van der Waals surface area contributed by atoms with Crippen LogP contribution in [0.3, 0.4) is 0 Å². The predicted octanol–water partition coefficient (Wildman–Crippen LogP) is 3.94. The lowest BCUT2D eigenvalue weighted by Gasteiger charge is -2.22. The van der Waals surface area contributed by atoms with Gasteiger partial charge in [-0.2, -0.15) is 0 Å². The molecule has 0 bridgehead atoms. The number of hydrogen-bond donors (Lipinski definition) is 4. The number of aliphatic carboxylic acids is 3. The third-order valence-corrected chi connectivity index (χ3v) is 6.19. The van der Waals surface area contributed by atoms with Gasteiger partial charge in [0.25, 0.3) is 0 Å². The molecule has 2 heterocycles. The van der Waals surface area contributed by atoms with Gasteiger partial charge in [-0.1, -0.05) is 35.3 Å². The van der Waals surface area contributed by atoms with Crippen molar-refractivity contribution in [1.82, 2.24) is 14.5 Å². The Morgan fingerprint density at radius 3 is 2.26 bits per heavy atom. The van der Waals surface area contributed by atoms with Gasteiger partial charge in [0.1, 0.15) is 11.5 Å². The summed E-state index contributed by atoms with van der Waals surface area (Å²) in [6.45, 7) is 5.27. The van der Waals surface area contributed by atoms with E-state index in [0.29, 0.717) is 10.0 Å². The summed E-state index contributed by atoms with van der Waals surface area (Å²) in [6, 6.07) is 9.78. The largest absolute Gasteiger partial charge is 0.481 e. The fraction of sp³-hybridized carbons (Fsp3) is 0.360.